The van der Waals surface area contributed by atoms with Crippen LogP contribution in [0.3, 0.4) is 0 Å². The van der Waals surface area contributed by atoms with Crippen molar-refractivity contribution in [2.45, 2.75) is 59.3 Å². The van der Waals surface area contributed by atoms with E-state index in [1.165, 1.54) is 0 Å². The molecule has 0 fully saturated rings. The molecule has 4 nitrogen and oxygen atoms in total. The number of para-hydroxylation sites is 1. The summed E-state index contributed by atoms with van der Waals surface area (Å²) in [6.07, 6.45) is 9.95. The zero-order chi connectivity index (χ0) is 22.2. The Morgan fingerprint density at radius 3 is 2.10 bits per heavy atom. The molecule has 0 aliphatic heterocycles. The van der Waals surface area contributed by atoms with Gasteiger partial charge in [0.1, 0.15) is 0 Å². The maximum Gasteiger partial charge on any atom is 0.0934 e. The van der Waals surface area contributed by atoms with Crippen LogP contribution >= 0.6 is 0 Å². The fraction of sp³-hybridized carbons (Fsp3) is 0.462. The number of hydrogen-bond acceptors (Lipinski definition) is 2. The van der Waals surface area contributed by atoms with Crippen molar-refractivity contribution in [1.29, 1.82) is 0 Å². The minimum absolute atomic E-state index is 0.717. The molecule has 3 aromatic rings. The summed E-state index contributed by atoms with van der Waals surface area (Å²) in [6, 6.07) is 16.3. The summed E-state index contributed by atoms with van der Waals surface area (Å²) in [4.78, 5) is 0. The molecule has 0 unspecified atom stereocenters. The zero-order valence-corrected chi connectivity index (χ0v) is 20.1. The van der Waals surface area contributed by atoms with Gasteiger partial charge in [-0.1, -0.05) is 70.4 Å². The Bertz CT molecular complexity index is 1040. The molecule has 0 saturated heterocycles. The molecule has 0 N–H and O–H groups in total. The van der Waals surface area contributed by atoms with Crippen LogP contribution in [0.2, 0.25) is 0 Å². The summed E-state index contributed by atoms with van der Waals surface area (Å²) in [6.45, 7) is 6.49. The van der Waals surface area contributed by atoms with E-state index in [2.05, 4.69) is 39.0 Å². The van der Waals surface area contributed by atoms with Crippen LogP contribution in [-0.4, -0.2) is 37.5 Å². The molecular formula is C26H37N3OS. The van der Waals surface area contributed by atoms with Crippen LogP contribution in [0.25, 0.3) is 16.6 Å². The SMILES string of the molecule is CCCCS(=O)(CCCC)(CCCC)N=Cc1ccc2cn(-c3ccccc3)nc2c1. The third kappa shape index (κ3) is 5.91. The van der Waals surface area contributed by atoms with Crippen LogP contribution in [0.1, 0.15) is 64.9 Å². The largest absolute Gasteiger partial charge is 0.262 e. The molecule has 0 aliphatic rings. The number of hydrogen-bond donors (Lipinski definition) is 0. The quantitative estimate of drug-likeness (QED) is 0.299. The number of nitrogens with zero attached hydrogens (tertiary/aromatic N) is 3. The Morgan fingerprint density at radius 2 is 1.52 bits per heavy atom. The molecule has 31 heavy (non-hydrogen) atoms. The molecule has 1 aromatic heterocycles. The van der Waals surface area contributed by atoms with Gasteiger partial charge in [0.05, 0.1) is 11.2 Å². The van der Waals surface area contributed by atoms with E-state index in [9.17, 15) is 4.21 Å². The Morgan fingerprint density at radius 1 is 0.903 bits per heavy atom. The number of fused-ring (bicyclic) bond motifs is 1. The van der Waals surface area contributed by atoms with Crippen molar-refractivity contribution < 1.29 is 4.21 Å². The van der Waals surface area contributed by atoms with E-state index in [-0.39, 0.29) is 0 Å². The molecule has 2 aromatic carbocycles. The summed E-state index contributed by atoms with van der Waals surface area (Å²) >= 11 is 0. The van der Waals surface area contributed by atoms with Gasteiger partial charge in [0.25, 0.3) is 0 Å². The summed E-state index contributed by atoms with van der Waals surface area (Å²) in [5.74, 6) is 2.15. The second kappa shape index (κ2) is 10.4. The van der Waals surface area contributed by atoms with Crippen molar-refractivity contribution in [1.82, 2.24) is 9.78 Å². The third-order valence-electron chi connectivity index (χ3n) is 5.90. The molecule has 0 radical (unpaired) electrons. The van der Waals surface area contributed by atoms with Gasteiger partial charge in [-0.05, 0) is 52.3 Å². The van der Waals surface area contributed by atoms with Gasteiger partial charge >= 0.3 is 0 Å². The first-order chi connectivity index (χ1) is 15.0. The van der Waals surface area contributed by atoms with Gasteiger partial charge in [0, 0.05) is 35.1 Å². The highest BCUT2D eigenvalue weighted by atomic mass is 32.3. The number of unbranched alkanes of at least 4 members (excludes halogenated alkanes) is 3. The predicted molar refractivity (Wildman–Crippen MR) is 136 cm³/mol. The van der Waals surface area contributed by atoms with Gasteiger partial charge < -0.3 is 0 Å². The highest BCUT2D eigenvalue weighted by molar-refractivity contribution is 8.18. The van der Waals surface area contributed by atoms with Gasteiger partial charge in [-0.3, -0.25) is 4.21 Å². The highest BCUT2D eigenvalue weighted by Gasteiger charge is 2.33. The van der Waals surface area contributed by atoms with Crippen molar-refractivity contribution in [3.05, 3.63) is 60.3 Å². The maximum absolute atomic E-state index is 14.5. The van der Waals surface area contributed by atoms with Gasteiger partial charge in [-0.25, -0.2) is 9.08 Å². The van der Waals surface area contributed by atoms with Crippen LogP contribution in [0, 0.1) is 0 Å². The average Bonchev–Trinajstić information content (AvgIpc) is 3.24. The Kier molecular flexibility index (Phi) is 7.82. The van der Waals surface area contributed by atoms with E-state index in [4.69, 9.17) is 9.50 Å². The second-order valence-corrected chi connectivity index (χ2v) is 12.9. The van der Waals surface area contributed by atoms with Gasteiger partial charge in [0.15, 0.2) is 0 Å². The summed E-state index contributed by atoms with van der Waals surface area (Å²) in [5.41, 5.74) is 2.93. The molecule has 0 spiro atoms. The van der Waals surface area contributed by atoms with E-state index in [0.29, 0.717) is 0 Å². The van der Waals surface area contributed by atoms with Crippen LogP contribution in [0.15, 0.2) is 59.1 Å². The first-order valence-electron chi connectivity index (χ1n) is 11.7. The minimum Gasteiger partial charge on any atom is -0.262 e. The van der Waals surface area contributed by atoms with E-state index in [0.717, 1.165) is 77.9 Å². The lowest BCUT2D eigenvalue weighted by Crippen LogP contribution is -2.41. The van der Waals surface area contributed by atoms with Crippen molar-refractivity contribution >= 4 is 26.4 Å². The topological polar surface area (TPSA) is 47.2 Å². The lowest BCUT2D eigenvalue weighted by molar-refractivity contribution is 0.641. The van der Waals surface area contributed by atoms with Crippen molar-refractivity contribution in [2.75, 3.05) is 17.3 Å². The molecule has 0 aliphatic carbocycles. The smallest absolute Gasteiger partial charge is 0.0934 e. The summed E-state index contributed by atoms with van der Waals surface area (Å²) in [7, 11) is -3.06. The highest BCUT2D eigenvalue weighted by Crippen LogP contribution is 2.33. The van der Waals surface area contributed by atoms with E-state index < -0.39 is 9.25 Å². The standard InChI is InChI=1S/C26H37N3OS/c1-4-7-17-31(30,18-8-5-2,19-9-6-3)27-21-23-15-16-24-22-29(28-26(24)20-23)25-13-11-10-12-14-25/h10-16,20-22H,4-9,17-19H2,1-3H3. The van der Waals surface area contributed by atoms with Gasteiger partial charge in [-0.2, -0.15) is 5.10 Å². The third-order valence-corrected chi connectivity index (χ3v) is 10.2. The normalized spacial score (nSPS) is 13.6. The lowest BCUT2D eigenvalue weighted by Gasteiger charge is -2.39. The molecule has 0 amide bonds. The summed E-state index contributed by atoms with van der Waals surface area (Å²) < 4.78 is 21.3. The second-order valence-electron chi connectivity index (χ2n) is 8.56. The van der Waals surface area contributed by atoms with E-state index in [1.54, 1.807) is 0 Å². The monoisotopic (exact) mass is 439 g/mol. The number of benzene rings is 2. The van der Waals surface area contributed by atoms with Gasteiger partial charge in [0.2, 0.25) is 0 Å². The Balaban J connectivity index is 1.93. The molecule has 1 heterocycles. The van der Waals surface area contributed by atoms with Crippen LogP contribution in [-0.2, 0) is 9.25 Å². The predicted octanol–water partition coefficient (Wildman–Crippen LogP) is 6.58. The summed E-state index contributed by atoms with van der Waals surface area (Å²) in [5, 5.41) is 5.82. The molecule has 5 heteroatoms. The fourth-order valence-electron chi connectivity index (χ4n) is 3.90. The first kappa shape index (κ1) is 23.4. The fourth-order valence-corrected chi connectivity index (χ4v) is 8.05. The van der Waals surface area contributed by atoms with Crippen molar-refractivity contribution in [3.63, 3.8) is 0 Å². The molecular weight excluding hydrogens is 402 g/mol. The van der Waals surface area contributed by atoms with Crippen LogP contribution in [0.4, 0.5) is 0 Å². The van der Waals surface area contributed by atoms with Gasteiger partial charge in [-0.15, -0.1) is 0 Å². The molecule has 0 atom stereocenters. The number of rotatable bonds is 12. The first-order valence-corrected chi connectivity index (χ1v) is 14.2. The molecule has 3 rings (SSSR count). The molecule has 168 valence electrons. The number of aromatic nitrogens is 2. The average molecular weight is 440 g/mol. The van der Waals surface area contributed by atoms with Crippen LogP contribution < -0.4 is 0 Å². The van der Waals surface area contributed by atoms with Crippen LogP contribution in [0.5, 0.6) is 0 Å². The zero-order valence-electron chi connectivity index (χ0n) is 19.3. The van der Waals surface area contributed by atoms with E-state index in [1.807, 2.05) is 47.4 Å². The lowest BCUT2D eigenvalue weighted by atomic mass is 10.2. The Hall–Kier alpha value is -2.27. The molecule has 0 bridgehead atoms. The van der Waals surface area contributed by atoms with E-state index >= 15 is 0 Å². The Labute approximate surface area is 187 Å². The maximum atomic E-state index is 14.5. The van der Waals surface area contributed by atoms with Crippen molar-refractivity contribution in [2.24, 2.45) is 4.40 Å². The molecule has 0 saturated carbocycles. The minimum atomic E-state index is -3.06. The van der Waals surface area contributed by atoms with Crippen molar-refractivity contribution in [3.8, 4) is 5.69 Å².